The molecule has 2 saturated heterocycles. The molecule has 0 saturated carbocycles. The second-order valence-electron chi connectivity index (χ2n) is 9.60. The van der Waals surface area contributed by atoms with Crippen LogP contribution in [-0.4, -0.2) is 41.3 Å². The molecule has 37 heavy (non-hydrogen) atoms. The first-order valence-corrected chi connectivity index (χ1v) is 14.4. The van der Waals surface area contributed by atoms with Crippen molar-refractivity contribution in [3.05, 3.63) is 81.5 Å². The molecule has 3 heterocycles. The van der Waals surface area contributed by atoms with Crippen LogP contribution in [0, 0.1) is 0 Å². The number of ether oxygens (including phenoxy) is 2. The van der Waals surface area contributed by atoms with Gasteiger partial charge in [0.2, 0.25) is 0 Å². The van der Waals surface area contributed by atoms with Crippen LogP contribution >= 0.6 is 34.7 Å². The van der Waals surface area contributed by atoms with Gasteiger partial charge in [-0.2, -0.15) is 0 Å². The first-order chi connectivity index (χ1) is 17.8. The molecule has 194 valence electrons. The molecule has 3 atom stereocenters. The zero-order chi connectivity index (χ0) is 26.0. The number of nitrogens with zero attached hydrogens (tertiary/aromatic N) is 1. The average Bonchev–Trinajstić information content (AvgIpc) is 3.61. The van der Waals surface area contributed by atoms with E-state index in [9.17, 15) is 9.59 Å². The van der Waals surface area contributed by atoms with Crippen LogP contribution in [0.5, 0.6) is 0 Å². The molecule has 2 aliphatic rings. The monoisotopic (exact) mass is 556 g/mol. The van der Waals surface area contributed by atoms with Crippen LogP contribution in [0.2, 0.25) is 5.02 Å². The minimum Gasteiger partial charge on any atom is -0.349 e. The number of carbonyl (C=O) groups is 2. The number of amides is 2. The Labute approximate surface area is 230 Å². The number of hydrogen-bond donors (Lipinski definition) is 1. The van der Waals surface area contributed by atoms with Gasteiger partial charge in [0.1, 0.15) is 0 Å². The number of rotatable bonds is 7. The second-order valence-corrected chi connectivity index (χ2v) is 12.2. The molecular formula is C28H29ClN2O4S2. The molecule has 0 radical (unpaired) electrons. The fourth-order valence-electron chi connectivity index (χ4n) is 4.79. The normalized spacial score (nSPS) is 22.8. The van der Waals surface area contributed by atoms with E-state index in [0.29, 0.717) is 18.1 Å². The van der Waals surface area contributed by atoms with E-state index in [-0.39, 0.29) is 17.9 Å². The first-order valence-electron chi connectivity index (χ1n) is 12.3. The van der Waals surface area contributed by atoms with Crippen molar-refractivity contribution in [3.63, 3.8) is 0 Å². The summed E-state index contributed by atoms with van der Waals surface area (Å²) in [6.07, 6.45) is -0.330. The number of nitrogens with one attached hydrogen (secondary N) is 1. The maximum absolute atomic E-state index is 13.7. The van der Waals surface area contributed by atoms with Crippen LogP contribution in [0.3, 0.4) is 0 Å². The highest BCUT2D eigenvalue weighted by molar-refractivity contribution is 7.99. The van der Waals surface area contributed by atoms with Crippen molar-refractivity contribution in [2.75, 3.05) is 6.54 Å². The number of hydrogen-bond acceptors (Lipinski definition) is 6. The number of benzene rings is 2. The van der Waals surface area contributed by atoms with Gasteiger partial charge in [-0.05, 0) is 62.6 Å². The Balaban J connectivity index is 1.25. The molecule has 2 aromatic carbocycles. The van der Waals surface area contributed by atoms with Gasteiger partial charge >= 0.3 is 0 Å². The van der Waals surface area contributed by atoms with Crippen molar-refractivity contribution < 1.29 is 19.1 Å². The van der Waals surface area contributed by atoms with Gasteiger partial charge in [0.05, 0.1) is 12.6 Å². The Morgan fingerprint density at radius 1 is 1.08 bits per heavy atom. The van der Waals surface area contributed by atoms with Gasteiger partial charge in [-0.15, -0.1) is 11.3 Å². The lowest BCUT2D eigenvalue weighted by molar-refractivity contribution is -0.163. The topological polar surface area (TPSA) is 67.9 Å². The molecular weight excluding hydrogens is 528 g/mol. The Bertz CT molecular complexity index is 1270. The predicted octanol–water partition coefficient (Wildman–Crippen LogP) is 6.05. The van der Waals surface area contributed by atoms with Gasteiger partial charge < -0.3 is 19.7 Å². The molecule has 2 aliphatic heterocycles. The first kappa shape index (κ1) is 26.3. The van der Waals surface area contributed by atoms with E-state index in [4.69, 9.17) is 21.1 Å². The van der Waals surface area contributed by atoms with E-state index in [1.54, 1.807) is 41.8 Å². The average molecular weight is 557 g/mol. The fourth-order valence-corrected chi connectivity index (χ4v) is 6.86. The third-order valence-corrected chi connectivity index (χ3v) is 8.71. The molecule has 2 fully saturated rings. The molecule has 0 bridgehead atoms. The fraction of sp³-hybridized carbons (Fsp3) is 0.357. The molecule has 3 aromatic rings. The zero-order valence-electron chi connectivity index (χ0n) is 20.7. The van der Waals surface area contributed by atoms with Gasteiger partial charge in [0, 0.05) is 31.6 Å². The van der Waals surface area contributed by atoms with E-state index in [1.807, 2.05) is 42.5 Å². The van der Waals surface area contributed by atoms with E-state index in [1.165, 1.54) is 0 Å². The summed E-state index contributed by atoms with van der Waals surface area (Å²) in [5.41, 5.74) is 0.986. The number of likely N-dealkylation sites (tertiary alicyclic amines) is 1. The molecule has 2 amide bonds. The van der Waals surface area contributed by atoms with Crippen LogP contribution in [0.25, 0.3) is 0 Å². The van der Waals surface area contributed by atoms with Crippen LogP contribution in [-0.2, 0) is 25.6 Å². The lowest BCUT2D eigenvalue weighted by Crippen LogP contribution is -2.49. The van der Waals surface area contributed by atoms with Crippen LogP contribution in [0.1, 0.15) is 43.2 Å². The van der Waals surface area contributed by atoms with Crippen LogP contribution in [0.15, 0.2) is 75.8 Å². The Hall–Kier alpha value is -2.36. The highest BCUT2D eigenvalue weighted by atomic mass is 35.5. The minimum absolute atomic E-state index is 0.103. The third kappa shape index (κ3) is 6.21. The summed E-state index contributed by atoms with van der Waals surface area (Å²) in [7, 11) is 0. The summed E-state index contributed by atoms with van der Waals surface area (Å²) in [6.45, 7) is 4.41. The van der Waals surface area contributed by atoms with Crippen molar-refractivity contribution in [2.45, 2.75) is 67.1 Å². The SMILES string of the molecule is CC1(C)O[C@@H](C(=O)NCc2cc(Sc3ccccc3)cs2)[C@H](C(=O)N2CCC[C@@H]2c2cccc(Cl)c2)O1. The van der Waals surface area contributed by atoms with Crippen molar-refractivity contribution in [1.29, 1.82) is 0 Å². The summed E-state index contributed by atoms with van der Waals surface area (Å²) in [6, 6.07) is 19.7. The van der Waals surface area contributed by atoms with Gasteiger partial charge in [-0.25, -0.2) is 0 Å². The maximum atomic E-state index is 13.7. The van der Waals surface area contributed by atoms with Gasteiger partial charge in [0.15, 0.2) is 18.0 Å². The van der Waals surface area contributed by atoms with E-state index in [0.717, 1.165) is 33.1 Å². The molecule has 6 nitrogen and oxygen atoms in total. The van der Waals surface area contributed by atoms with Crippen molar-refractivity contribution >= 4 is 46.5 Å². The smallest absolute Gasteiger partial charge is 0.255 e. The van der Waals surface area contributed by atoms with E-state index < -0.39 is 18.0 Å². The van der Waals surface area contributed by atoms with E-state index in [2.05, 4.69) is 28.9 Å². The summed E-state index contributed by atoms with van der Waals surface area (Å²) < 4.78 is 11.9. The third-order valence-electron chi connectivity index (χ3n) is 6.41. The van der Waals surface area contributed by atoms with Gasteiger partial charge in [-0.3, -0.25) is 9.59 Å². The summed E-state index contributed by atoms with van der Waals surface area (Å²) >= 11 is 9.47. The molecule has 0 unspecified atom stereocenters. The summed E-state index contributed by atoms with van der Waals surface area (Å²) in [5.74, 6) is -1.63. The molecule has 1 aromatic heterocycles. The summed E-state index contributed by atoms with van der Waals surface area (Å²) in [5, 5.41) is 5.66. The lowest BCUT2D eigenvalue weighted by atomic mass is 10.0. The van der Waals surface area contributed by atoms with Crippen molar-refractivity contribution in [1.82, 2.24) is 10.2 Å². The Morgan fingerprint density at radius 2 is 1.86 bits per heavy atom. The molecule has 1 N–H and O–H groups in total. The van der Waals surface area contributed by atoms with Crippen molar-refractivity contribution in [3.8, 4) is 0 Å². The molecule has 9 heteroatoms. The van der Waals surface area contributed by atoms with Gasteiger partial charge in [0.25, 0.3) is 11.8 Å². The Morgan fingerprint density at radius 3 is 2.65 bits per heavy atom. The summed E-state index contributed by atoms with van der Waals surface area (Å²) in [4.78, 5) is 32.0. The van der Waals surface area contributed by atoms with Gasteiger partial charge in [-0.1, -0.05) is 53.7 Å². The highest BCUT2D eigenvalue weighted by Gasteiger charge is 2.51. The molecule has 0 aliphatic carbocycles. The maximum Gasteiger partial charge on any atom is 0.255 e. The minimum atomic E-state index is -1.05. The largest absolute Gasteiger partial charge is 0.349 e. The van der Waals surface area contributed by atoms with Crippen LogP contribution < -0.4 is 5.32 Å². The highest BCUT2D eigenvalue weighted by Crippen LogP contribution is 2.37. The van der Waals surface area contributed by atoms with Crippen LogP contribution in [0.4, 0.5) is 0 Å². The molecule has 5 rings (SSSR count). The zero-order valence-corrected chi connectivity index (χ0v) is 23.1. The molecule has 0 spiro atoms. The Kier molecular flexibility index (Phi) is 7.93. The predicted molar refractivity (Wildman–Crippen MR) is 146 cm³/mol. The second kappa shape index (κ2) is 11.2. The number of carbonyl (C=O) groups excluding carboxylic acids is 2. The quantitative estimate of drug-likeness (QED) is 0.383. The van der Waals surface area contributed by atoms with E-state index >= 15 is 0 Å². The van der Waals surface area contributed by atoms with Crippen molar-refractivity contribution in [2.24, 2.45) is 0 Å². The lowest BCUT2D eigenvalue weighted by Gasteiger charge is -2.28. The number of thiophene rings is 1. The number of halogens is 1. The standard InChI is InChI=1S/C28H29ClN2O4S2/c1-28(2)34-24(26(32)30-16-21-15-22(17-36-21)37-20-10-4-3-5-11-20)25(35-28)27(33)31-13-7-12-23(31)18-8-6-9-19(29)14-18/h3-6,8-11,14-15,17,23-25H,7,12-13,16H2,1-2H3,(H,30,32)/t23-,24-,25-/m1/s1.